The summed E-state index contributed by atoms with van der Waals surface area (Å²) < 4.78 is 1.54. The van der Waals surface area contributed by atoms with Crippen molar-refractivity contribution in [1.29, 1.82) is 10.5 Å². The number of nitriles is 2. The van der Waals surface area contributed by atoms with Gasteiger partial charge in [-0.05, 0) is 44.4 Å². The smallest absolute Gasteiger partial charge is 0.288 e. The molecule has 9 nitrogen and oxygen atoms in total. The number of benzene rings is 1. The number of hydrogen-bond donors (Lipinski definition) is 2. The molecule has 0 fully saturated rings. The van der Waals surface area contributed by atoms with Gasteiger partial charge in [0, 0.05) is 0 Å². The Hall–Kier alpha value is -3.43. The highest BCUT2D eigenvalue weighted by molar-refractivity contribution is 5.87. The van der Waals surface area contributed by atoms with Crippen LogP contribution in [-0.2, 0) is 22.3 Å². The molecule has 1 aromatic carbocycles. The maximum Gasteiger partial charge on any atom is 0.442 e. The number of aromatic nitrogens is 3. The Morgan fingerprint density at radius 1 is 1.26 bits per heavy atom. The first kappa shape index (κ1) is 19.9. The summed E-state index contributed by atoms with van der Waals surface area (Å²) in [4.78, 5) is 19.3. The molecule has 0 saturated carbocycles. The number of rotatable bonds is 5. The SMILES string of the molecule is CC(C)(C#N)c1cc(Cn2cncn2)c(NC(=O)OO)c(C(C)(C)C#N)c1. The van der Waals surface area contributed by atoms with Crippen molar-refractivity contribution in [2.45, 2.75) is 45.1 Å². The molecule has 0 radical (unpaired) electrons. The Morgan fingerprint density at radius 3 is 2.44 bits per heavy atom. The Kier molecular flexibility index (Phi) is 5.48. The average molecular weight is 368 g/mol. The quantitative estimate of drug-likeness (QED) is 0.611. The van der Waals surface area contributed by atoms with Crippen LogP contribution in [0.2, 0.25) is 0 Å². The summed E-state index contributed by atoms with van der Waals surface area (Å²) in [7, 11) is 0. The fourth-order valence-electron chi connectivity index (χ4n) is 2.57. The number of hydrogen-bond acceptors (Lipinski definition) is 7. The van der Waals surface area contributed by atoms with Crippen molar-refractivity contribution >= 4 is 11.8 Å². The first-order valence-corrected chi connectivity index (χ1v) is 8.10. The fraction of sp³-hybridized carbons (Fsp3) is 0.389. The zero-order valence-electron chi connectivity index (χ0n) is 15.5. The molecule has 1 aromatic heterocycles. The molecule has 0 saturated heterocycles. The Morgan fingerprint density at radius 2 is 1.93 bits per heavy atom. The summed E-state index contributed by atoms with van der Waals surface area (Å²) >= 11 is 0. The van der Waals surface area contributed by atoms with Crippen LogP contribution < -0.4 is 5.32 Å². The van der Waals surface area contributed by atoms with E-state index in [0.717, 1.165) is 0 Å². The minimum Gasteiger partial charge on any atom is -0.288 e. The molecule has 0 aliphatic rings. The third-order valence-corrected chi connectivity index (χ3v) is 4.28. The largest absolute Gasteiger partial charge is 0.442 e. The molecule has 9 heteroatoms. The van der Waals surface area contributed by atoms with Crippen molar-refractivity contribution in [1.82, 2.24) is 14.8 Å². The van der Waals surface area contributed by atoms with E-state index in [1.807, 2.05) is 0 Å². The molecule has 140 valence electrons. The lowest BCUT2D eigenvalue weighted by molar-refractivity contribution is -0.172. The number of nitrogens with zero attached hydrogens (tertiary/aromatic N) is 5. The van der Waals surface area contributed by atoms with Crippen molar-refractivity contribution in [3.63, 3.8) is 0 Å². The van der Waals surface area contributed by atoms with E-state index in [2.05, 4.69) is 32.4 Å². The van der Waals surface area contributed by atoms with Gasteiger partial charge >= 0.3 is 6.09 Å². The number of carbonyl (C=O) groups is 1. The standard InChI is InChI=1S/C18H20N6O3/c1-17(2,8-19)13-5-12(7-24-11-21-10-22-24)15(23-16(25)27-26)14(6-13)18(3,4)9-20/h5-6,10-11,26H,7H2,1-4H3,(H,23,25). The fourth-order valence-corrected chi connectivity index (χ4v) is 2.57. The van der Waals surface area contributed by atoms with Gasteiger partial charge in [0.25, 0.3) is 0 Å². The van der Waals surface area contributed by atoms with Gasteiger partial charge in [0.1, 0.15) is 12.7 Å². The summed E-state index contributed by atoms with van der Waals surface area (Å²) in [6.45, 7) is 7.14. The van der Waals surface area contributed by atoms with Crippen molar-refractivity contribution in [3.05, 3.63) is 41.5 Å². The Balaban J connectivity index is 2.77. The van der Waals surface area contributed by atoms with Crippen LogP contribution in [0.3, 0.4) is 0 Å². The summed E-state index contributed by atoms with van der Waals surface area (Å²) in [5.41, 5.74) is 0.260. The molecule has 2 N–H and O–H groups in total. The number of amides is 1. The van der Waals surface area contributed by atoms with E-state index < -0.39 is 16.9 Å². The topological polar surface area (TPSA) is 137 Å². The molecule has 2 aromatic rings. The molecular weight excluding hydrogens is 348 g/mol. The van der Waals surface area contributed by atoms with E-state index in [0.29, 0.717) is 22.4 Å². The molecular formula is C18H20N6O3. The lowest BCUT2D eigenvalue weighted by Gasteiger charge is -2.27. The van der Waals surface area contributed by atoms with Gasteiger partial charge in [-0.3, -0.25) is 10.2 Å². The van der Waals surface area contributed by atoms with Crippen LogP contribution in [0.15, 0.2) is 24.8 Å². The number of carbonyl (C=O) groups excluding carboxylic acids is 1. The normalized spacial score (nSPS) is 11.4. The average Bonchev–Trinajstić information content (AvgIpc) is 3.15. The zero-order chi connectivity index (χ0) is 20.2. The van der Waals surface area contributed by atoms with Gasteiger partial charge in [0.15, 0.2) is 0 Å². The van der Waals surface area contributed by atoms with Gasteiger partial charge in [-0.15, -0.1) is 0 Å². The number of anilines is 1. The summed E-state index contributed by atoms with van der Waals surface area (Å²) in [5.74, 6) is 0. The third kappa shape index (κ3) is 4.22. The van der Waals surface area contributed by atoms with Crippen LogP contribution in [-0.4, -0.2) is 26.1 Å². The van der Waals surface area contributed by atoms with E-state index in [1.54, 1.807) is 39.8 Å². The molecule has 1 amide bonds. The van der Waals surface area contributed by atoms with E-state index in [9.17, 15) is 15.3 Å². The molecule has 27 heavy (non-hydrogen) atoms. The minimum atomic E-state index is -1.09. The van der Waals surface area contributed by atoms with Crippen LogP contribution in [0.5, 0.6) is 0 Å². The maximum atomic E-state index is 11.7. The third-order valence-electron chi connectivity index (χ3n) is 4.28. The lowest BCUT2D eigenvalue weighted by atomic mass is 9.78. The first-order chi connectivity index (χ1) is 12.6. The van der Waals surface area contributed by atoms with Crippen LogP contribution in [0.1, 0.15) is 44.4 Å². The van der Waals surface area contributed by atoms with Crippen molar-refractivity contribution in [2.75, 3.05) is 5.32 Å². The minimum absolute atomic E-state index is 0.227. The summed E-state index contributed by atoms with van der Waals surface area (Å²) in [6.07, 6.45) is 1.79. The highest BCUT2D eigenvalue weighted by atomic mass is 17.1. The van der Waals surface area contributed by atoms with Crippen molar-refractivity contribution < 1.29 is 14.9 Å². The van der Waals surface area contributed by atoms with Gasteiger partial charge in [0.2, 0.25) is 0 Å². The Bertz CT molecular complexity index is 920. The van der Waals surface area contributed by atoms with Crippen LogP contribution >= 0.6 is 0 Å². The Labute approximate surface area is 156 Å². The predicted octanol–water partition coefficient (Wildman–Crippen LogP) is 2.95. The second kappa shape index (κ2) is 7.44. The second-order valence-electron chi connectivity index (χ2n) is 7.13. The van der Waals surface area contributed by atoms with Crippen molar-refractivity contribution in [3.8, 4) is 12.1 Å². The monoisotopic (exact) mass is 368 g/mol. The molecule has 0 atom stereocenters. The van der Waals surface area contributed by atoms with Gasteiger partial charge < -0.3 is 0 Å². The van der Waals surface area contributed by atoms with Crippen molar-refractivity contribution in [2.24, 2.45) is 0 Å². The molecule has 1 heterocycles. The second-order valence-corrected chi connectivity index (χ2v) is 7.13. The summed E-state index contributed by atoms with van der Waals surface area (Å²) in [5, 5.41) is 34.4. The molecule has 0 unspecified atom stereocenters. The maximum absolute atomic E-state index is 11.7. The van der Waals surface area contributed by atoms with Crippen LogP contribution in [0.4, 0.5) is 10.5 Å². The first-order valence-electron chi connectivity index (χ1n) is 8.10. The molecule has 0 aliphatic heterocycles. The molecule has 2 rings (SSSR count). The van der Waals surface area contributed by atoms with E-state index in [1.165, 1.54) is 17.3 Å². The van der Waals surface area contributed by atoms with E-state index >= 15 is 0 Å². The highest BCUT2D eigenvalue weighted by Crippen LogP contribution is 2.37. The molecule has 0 aliphatic carbocycles. The zero-order valence-corrected chi connectivity index (χ0v) is 15.5. The lowest BCUT2D eigenvalue weighted by Crippen LogP contribution is -2.24. The van der Waals surface area contributed by atoms with Gasteiger partial charge in [0.05, 0.1) is 35.2 Å². The predicted molar refractivity (Wildman–Crippen MR) is 95.6 cm³/mol. The van der Waals surface area contributed by atoms with Gasteiger partial charge in [-0.1, -0.05) is 12.1 Å². The summed E-state index contributed by atoms with van der Waals surface area (Å²) in [6, 6.07) is 7.91. The highest BCUT2D eigenvalue weighted by Gasteiger charge is 2.30. The van der Waals surface area contributed by atoms with E-state index in [4.69, 9.17) is 5.26 Å². The van der Waals surface area contributed by atoms with Gasteiger partial charge in [-0.25, -0.2) is 14.5 Å². The molecule has 0 bridgehead atoms. The van der Waals surface area contributed by atoms with Crippen LogP contribution in [0.25, 0.3) is 0 Å². The molecule has 0 spiro atoms. The van der Waals surface area contributed by atoms with Gasteiger partial charge in [-0.2, -0.15) is 20.9 Å². The van der Waals surface area contributed by atoms with E-state index in [-0.39, 0.29) is 6.54 Å². The number of nitrogens with one attached hydrogen (secondary N) is 1. The van der Waals surface area contributed by atoms with Crippen LogP contribution in [0, 0.1) is 22.7 Å².